The molecule has 0 unspecified atom stereocenters. The Morgan fingerprint density at radius 2 is 1.96 bits per heavy atom. The van der Waals surface area contributed by atoms with Crippen molar-refractivity contribution in [1.29, 1.82) is 0 Å². The van der Waals surface area contributed by atoms with Crippen molar-refractivity contribution in [3.05, 3.63) is 42.4 Å². The highest BCUT2D eigenvalue weighted by Crippen LogP contribution is 2.34. The van der Waals surface area contributed by atoms with E-state index >= 15 is 0 Å². The minimum Gasteiger partial charge on any atom is -0.486 e. The fourth-order valence-electron chi connectivity index (χ4n) is 2.38. The normalized spacial score (nSPS) is 12.5. The van der Waals surface area contributed by atoms with Crippen LogP contribution in [0.4, 0.5) is 5.69 Å². The Labute approximate surface area is 139 Å². The van der Waals surface area contributed by atoms with Crippen LogP contribution in [0, 0.1) is 0 Å². The Bertz CT molecular complexity index is 727. The van der Waals surface area contributed by atoms with Crippen LogP contribution in [0.3, 0.4) is 0 Å². The number of benzene rings is 1. The van der Waals surface area contributed by atoms with Crippen molar-refractivity contribution in [3.8, 4) is 11.5 Å². The van der Waals surface area contributed by atoms with Crippen molar-refractivity contribution >= 4 is 17.5 Å². The summed E-state index contributed by atoms with van der Waals surface area (Å²) in [6.45, 7) is 2.56. The van der Waals surface area contributed by atoms with Gasteiger partial charge in [0, 0.05) is 18.7 Å². The third-order valence-corrected chi connectivity index (χ3v) is 3.56. The second-order valence-electron chi connectivity index (χ2n) is 5.29. The molecule has 1 aromatic carbocycles. The van der Waals surface area contributed by atoms with E-state index in [0.29, 0.717) is 36.2 Å². The van der Waals surface area contributed by atoms with Gasteiger partial charge in [-0.05, 0) is 24.3 Å². The van der Waals surface area contributed by atoms with Gasteiger partial charge in [0.1, 0.15) is 25.5 Å². The number of ether oxygens (including phenoxy) is 2. The first kappa shape index (κ1) is 15.9. The molecule has 7 nitrogen and oxygen atoms in total. The van der Waals surface area contributed by atoms with Crippen LogP contribution >= 0.6 is 0 Å². The standard InChI is InChI=1S/C17H18N2O5/c1-12(20)19(11-17(21)18-10-14-3-2-6-22-14)13-4-5-15-16(9-13)24-8-7-23-15/h2-6,9H,7-8,10-11H2,1H3,(H,18,21). The highest BCUT2D eigenvalue weighted by molar-refractivity contribution is 5.97. The summed E-state index contributed by atoms with van der Waals surface area (Å²) in [4.78, 5) is 25.4. The van der Waals surface area contributed by atoms with Crippen molar-refractivity contribution in [2.45, 2.75) is 13.5 Å². The Hall–Kier alpha value is -2.96. The molecule has 0 aliphatic carbocycles. The predicted molar refractivity (Wildman–Crippen MR) is 86.0 cm³/mol. The van der Waals surface area contributed by atoms with Crippen LogP contribution in [0.1, 0.15) is 12.7 Å². The number of nitrogens with one attached hydrogen (secondary N) is 1. The molecule has 0 saturated heterocycles. The van der Waals surface area contributed by atoms with Gasteiger partial charge in [0.25, 0.3) is 0 Å². The lowest BCUT2D eigenvalue weighted by molar-refractivity contribution is -0.123. The van der Waals surface area contributed by atoms with Crippen LogP contribution in [0.25, 0.3) is 0 Å². The van der Waals surface area contributed by atoms with Crippen LogP contribution in [-0.2, 0) is 16.1 Å². The van der Waals surface area contributed by atoms with E-state index in [1.165, 1.54) is 11.8 Å². The molecular weight excluding hydrogens is 312 g/mol. The monoisotopic (exact) mass is 330 g/mol. The number of amides is 2. The maximum atomic E-state index is 12.1. The molecule has 7 heteroatoms. The third-order valence-electron chi connectivity index (χ3n) is 3.56. The Balaban J connectivity index is 1.68. The lowest BCUT2D eigenvalue weighted by atomic mass is 10.2. The van der Waals surface area contributed by atoms with Gasteiger partial charge in [-0.25, -0.2) is 0 Å². The van der Waals surface area contributed by atoms with E-state index in [1.807, 2.05) is 0 Å². The maximum Gasteiger partial charge on any atom is 0.240 e. The minimum atomic E-state index is -0.281. The zero-order chi connectivity index (χ0) is 16.9. The highest BCUT2D eigenvalue weighted by Gasteiger charge is 2.19. The summed E-state index contributed by atoms with van der Waals surface area (Å²) in [7, 11) is 0. The van der Waals surface area contributed by atoms with Crippen LogP contribution in [0.5, 0.6) is 11.5 Å². The number of rotatable bonds is 5. The Morgan fingerprint density at radius 1 is 1.17 bits per heavy atom. The summed E-state index contributed by atoms with van der Waals surface area (Å²) in [5.74, 6) is 1.34. The average Bonchev–Trinajstić information content (AvgIpc) is 3.10. The molecule has 0 fully saturated rings. The number of hydrogen-bond acceptors (Lipinski definition) is 5. The van der Waals surface area contributed by atoms with Crippen molar-refractivity contribution in [3.63, 3.8) is 0 Å². The van der Waals surface area contributed by atoms with Gasteiger partial charge in [0.05, 0.1) is 12.8 Å². The van der Waals surface area contributed by atoms with E-state index in [2.05, 4.69) is 5.32 Å². The molecule has 126 valence electrons. The minimum absolute atomic E-state index is 0.0876. The molecule has 0 saturated carbocycles. The van der Waals surface area contributed by atoms with E-state index in [1.54, 1.807) is 36.6 Å². The van der Waals surface area contributed by atoms with Gasteiger partial charge < -0.3 is 24.1 Å². The number of anilines is 1. The van der Waals surface area contributed by atoms with Gasteiger partial charge in [-0.15, -0.1) is 0 Å². The first-order chi connectivity index (χ1) is 11.6. The second-order valence-corrected chi connectivity index (χ2v) is 5.29. The number of nitrogens with zero attached hydrogens (tertiary/aromatic N) is 1. The van der Waals surface area contributed by atoms with Crippen molar-refractivity contribution in [2.75, 3.05) is 24.7 Å². The molecule has 2 aromatic rings. The van der Waals surface area contributed by atoms with Crippen molar-refractivity contribution < 1.29 is 23.5 Å². The summed E-state index contributed by atoms with van der Waals surface area (Å²) in [5.41, 5.74) is 0.583. The molecule has 1 aliphatic rings. The number of carbonyl (C=O) groups is 2. The fourth-order valence-corrected chi connectivity index (χ4v) is 2.38. The molecule has 0 bridgehead atoms. The summed E-state index contributed by atoms with van der Waals surface area (Å²) >= 11 is 0. The molecule has 2 heterocycles. The van der Waals surface area contributed by atoms with Gasteiger partial charge in [0.15, 0.2) is 11.5 Å². The quantitative estimate of drug-likeness (QED) is 0.903. The lowest BCUT2D eigenvalue weighted by Gasteiger charge is -2.24. The average molecular weight is 330 g/mol. The summed E-state index contributed by atoms with van der Waals surface area (Å²) < 4.78 is 16.1. The zero-order valence-corrected chi connectivity index (χ0v) is 13.3. The van der Waals surface area contributed by atoms with Crippen LogP contribution in [0.2, 0.25) is 0 Å². The zero-order valence-electron chi connectivity index (χ0n) is 13.3. The largest absolute Gasteiger partial charge is 0.486 e. The first-order valence-electron chi connectivity index (χ1n) is 7.60. The molecule has 0 spiro atoms. The molecule has 2 amide bonds. The van der Waals surface area contributed by atoms with E-state index < -0.39 is 0 Å². The van der Waals surface area contributed by atoms with Gasteiger partial charge in [-0.2, -0.15) is 0 Å². The van der Waals surface area contributed by atoms with E-state index in [-0.39, 0.29) is 24.9 Å². The topological polar surface area (TPSA) is 81.0 Å². The molecule has 0 atom stereocenters. The second kappa shape index (κ2) is 7.08. The maximum absolute atomic E-state index is 12.1. The number of furan rings is 1. The molecule has 0 radical (unpaired) electrons. The van der Waals surface area contributed by atoms with Crippen molar-refractivity contribution in [2.24, 2.45) is 0 Å². The molecule has 1 aromatic heterocycles. The van der Waals surface area contributed by atoms with Gasteiger partial charge in [0.2, 0.25) is 11.8 Å². The van der Waals surface area contributed by atoms with E-state index in [4.69, 9.17) is 13.9 Å². The predicted octanol–water partition coefficient (Wildman–Crippen LogP) is 1.72. The summed E-state index contributed by atoms with van der Waals surface area (Å²) in [5, 5.41) is 2.72. The summed E-state index contributed by atoms with van der Waals surface area (Å²) in [6.07, 6.45) is 1.54. The molecular formula is C17H18N2O5. The Morgan fingerprint density at radius 3 is 2.67 bits per heavy atom. The molecule has 1 aliphatic heterocycles. The highest BCUT2D eigenvalue weighted by atomic mass is 16.6. The molecule has 24 heavy (non-hydrogen) atoms. The van der Waals surface area contributed by atoms with Gasteiger partial charge >= 0.3 is 0 Å². The SMILES string of the molecule is CC(=O)N(CC(=O)NCc1ccco1)c1ccc2c(c1)OCCO2. The Kier molecular flexibility index (Phi) is 4.69. The lowest BCUT2D eigenvalue weighted by Crippen LogP contribution is -2.39. The number of hydrogen-bond donors (Lipinski definition) is 1. The first-order valence-corrected chi connectivity index (χ1v) is 7.60. The van der Waals surface area contributed by atoms with Crippen LogP contribution in [0.15, 0.2) is 41.0 Å². The molecule has 1 N–H and O–H groups in total. The number of carbonyl (C=O) groups excluding carboxylic acids is 2. The van der Waals surface area contributed by atoms with Crippen LogP contribution < -0.4 is 19.7 Å². The smallest absolute Gasteiger partial charge is 0.240 e. The van der Waals surface area contributed by atoms with E-state index in [9.17, 15) is 9.59 Å². The molecule has 3 rings (SSSR count). The fraction of sp³-hybridized carbons (Fsp3) is 0.294. The van der Waals surface area contributed by atoms with Crippen LogP contribution in [-0.4, -0.2) is 31.6 Å². The third kappa shape index (κ3) is 3.68. The van der Waals surface area contributed by atoms with E-state index in [0.717, 1.165) is 0 Å². The van der Waals surface area contributed by atoms with Gasteiger partial charge in [-0.1, -0.05) is 0 Å². The number of fused-ring (bicyclic) bond motifs is 1. The summed E-state index contributed by atoms with van der Waals surface area (Å²) in [6, 6.07) is 8.69. The van der Waals surface area contributed by atoms with Crippen molar-refractivity contribution in [1.82, 2.24) is 5.32 Å². The van der Waals surface area contributed by atoms with Gasteiger partial charge in [-0.3, -0.25) is 9.59 Å².